The Hall–Kier alpha value is -1.56. The van der Waals surface area contributed by atoms with E-state index in [0.717, 1.165) is 0 Å². The molecule has 132 valence electrons. The Morgan fingerprint density at radius 2 is 1.83 bits per heavy atom. The molecule has 0 fully saturated rings. The van der Waals surface area contributed by atoms with E-state index in [1.165, 1.54) is 0 Å². The maximum absolute atomic E-state index is 12.0. The van der Waals surface area contributed by atoms with Gasteiger partial charge in [-0.25, -0.2) is 4.79 Å². The molecule has 5 nitrogen and oxygen atoms in total. The Kier molecular flexibility index (Phi) is 8.82. The number of ether oxygens (including phenoxy) is 3. The molecule has 0 bridgehead atoms. The Labute approximate surface area is 151 Å². The minimum atomic E-state index is -0.844. The summed E-state index contributed by atoms with van der Waals surface area (Å²) < 4.78 is 15.5. The van der Waals surface area contributed by atoms with Crippen LogP contribution in [-0.4, -0.2) is 31.8 Å². The lowest BCUT2D eigenvalue weighted by atomic mass is 10.0. The van der Waals surface area contributed by atoms with Crippen molar-refractivity contribution in [1.29, 1.82) is 0 Å². The summed E-state index contributed by atoms with van der Waals surface area (Å²) in [4.78, 5) is 23.4. The van der Waals surface area contributed by atoms with Crippen LogP contribution in [-0.2, 0) is 23.8 Å². The Morgan fingerprint density at radius 1 is 1.17 bits per heavy atom. The quantitative estimate of drug-likeness (QED) is 0.480. The summed E-state index contributed by atoms with van der Waals surface area (Å²) in [6, 6.07) is 4.81. The van der Waals surface area contributed by atoms with Crippen LogP contribution in [0.2, 0.25) is 10.0 Å². The minimum Gasteiger partial charge on any atom is -0.466 e. The van der Waals surface area contributed by atoms with Crippen LogP contribution in [0.1, 0.15) is 31.9 Å². The van der Waals surface area contributed by atoms with Gasteiger partial charge in [-0.2, -0.15) is 0 Å². The molecule has 0 spiro atoms. The van der Waals surface area contributed by atoms with Gasteiger partial charge < -0.3 is 14.2 Å². The van der Waals surface area contributed by atoms with Gasteiger partial charge in [0.05, 0.1) is 31.8 Å². The van der Waals surface area contributed by atoms with Crippen molar-refractivity contribution in [1.82, 2.24) is 0 Å². The molecule has 0 heterocycles. The van der Waals surface area contributed by atoms with Crippen molar-refractivity contribution in [2.45, 2.75) is 26.4 Å². The molecule has 0 aliphatic rings. The lowest BCUT2D eigenvalue weighted by Gasteiger charge is -2.21. The average molecular weight is 375 g/mol. The molecule has 1 aromatic carbocycles. The Bertz CT molecular complexity index is 601. The number of carbonyl (C=O) groups is 2. The van der Waals surface area contributed by atoms with Crippen molar-refractivity contribution in [2.75, 3.05) is 19.8 Å². The molecule has 0 radical (unpaired) electrons. The zero-order valence-electron chi connectivity index (χ0n) is 13.6. The molecule has 0 saturated heterocycles. The summed E-state index contributed by atoms with van der Waals surface area (Å²) in [5.74, 6) is -0.982. The van der Waals surface area contributed by atoms with Crippen molar-refractivity contribution in [3.05, 3.63) is 46.0 Å². The van der Waals surface area contributed by atoms with E-state index in [-0.39, 0.29) is 31.2 Å². The van der Waals surface area contributed by atoms with Crippen LogP contribution >= 0.6 is 23.2 Å². The molecule has 0 amide bonds. The molecule has 1 atom stereocenters. The van der Waals surface area contributed by atoms with E-state index in [0.29, 0.717) is 22.2 Å². The smallest absolute Gasteiger partial charge is 0.336 e. The van der Waals surface area contributed by atoms with Gasteiger partial charge in [-0.3, -0.25) is 4.79 Å². The van der Waals surface area contributed by atoms with Crippen molar-refractivity contribution in [3.8, 4) is 0 Å². The van der Waals surface area contributed by atoms with Crippen LogP contribution in [0.3, 0.4) is 0 Å². The normalized spacial score (nSPS) is 11.7. The standard InChI is InChI=1S/C17H20Cl2O5/c1-4-22-15(20)8-9-24-16(11(3)17(21)23-5-2)13-7-6-12(18)10-14(13)19/h6-7,10,16H,3-5,8-9H2,1-2H3. The highest BCUT2D eigenvalue weighted by Crippen LogP contribution is 2.33. The number of hydrogen-bond acceptors (Lipinski definition) is 5. The van der Waals surface area contributed by atoms with Gasteiger partial charge in [0, 0.05) is 15.6 Å². The van der Waals surface area contributed by atoms with Gasteiger partial charge in [0.1, 0.15) is 6.10 Å². The summed E-state index contributed by atoms with van der Waals surface area (Å²) in [5.41, 5.74) is 0.605. The fourth-order valence-corrected chi connectivity index (χ4v) is 2.42. The third-order valence-electron chi connectivity index (χ3n) is 3.00. The molecular weight excluding hydrogens is 355 g/mol. The summed E-state index contributed by atoms with van der Waals surface area (Å²) in [7, 11) is 0. The second-order valence-electron chi connectivity index (χ2n) is 4.72. The molecule has 24 heavy (non-hydrogen) atoms. The van der Waals surface area contributed by atoms with Gasteiger partial charge in [0.25, 0.3) is 0 Å². The van der Waals surface area contributed by atoms with E-state index >= 15 is 0 Å². The van der Waals surface area contributed by atoms with Gasteiger partial charge in [-0.05, 0) is 26.0 Å². The van der Waals surface area contributed by atoms with Gasteiger partial charge in [-0.1, -0.05) is 35.8 Å². The first-order valence-electron chi connectivity index (χ1n) is 7.48. The molecule has 7 heteroatoms. The third kappa shape index (κ3) is 6.15. The molecule has 1 unspecified atom stereocenters. The summed E-state index contributed by atoms with van der Waals surface area (Å²) in [6.45, 7) is 7.70. The largest absolute Gasteiger partial charge is 0.466 e. The lowest BCUT2D eigenvalue weighted by Crippen LogP contribution is -2.18. The van der Waals surface area contributed by atoms with E-state index < -0.39 is 12.1 Å². The van der Waals surface area contributed by atoms with Gasteiger partial charge in [0.2, 0.25) is 0 Å². The summed E-state index contributed by atoms with van der Waals surface area (Å²) >= 11 is 12.1. The third-order valence-corrected chi connectivity index (χ3v) is 3.56. The Morgan fingerprint density at radius 3 is 2.42 bits per heavy atom. The number of carbonyl (C=O) groups excluding carboxylic acids is 2. The van der Waals surface area contributed by atoms with Crippen molar-refractivity contribution >= 4 is 35.1 Å². The number of hydrogen-bond donors (Lipinski definition) is 0. The zero-order valence-corrected chi connectivity index (χ0v) is 15.2. The van der Waals surface area contributed by atoms with Gasteiger partial charge in [0.15, 0.2) is 0 Å². The topological polar surface area (TPSA) is 61.8 Å². The number of benzene rings is 1. The maximum Gasteiger partial charge on any atom is 0.336 e. The van der Waals surface area contributed by atoms with Crippen molar-refractivity contribution < 1.29 is 23.8 Å². The maximum atomic E-state index is 12.0. The van der Waals surface area contributed by atoms with Crippen molar-refractivity contribution in [2.24, 2.45) is 0 Å². The zero-order chi connectivity index (χ0) is 18.1. The first-order chi connectivity index (χ1) is 11.4. The van der Waals surface area contributed by atoms with Gasteiger partial charge in [-0.15, -0.1) is 0 Å². The highest BCUT2D eigenvalue weighted by atomic mass is 35.5. The fraction of sp³-hybridized carbons (Fsp3) is 0.412. The van der Waals surface area contributed by atoms with Crippen LogP contribution in [0.15, 0.2) is 30.4 Å². The van der Waals surface area contributed by atoms with Crippen LogP contribution in [0.5, 0.6) is 0 Å². The molecule has 0 aliphatic carbocycles. The fourth-order valence-electron chi connectivity index (χ4n) is 1.92. The summed E-state index contributed by atoms with van der Waals surface area (Å²) in [5, 5.41) is 0.782. The van der Waals surface area contributed by atoms with E-state index in [9.17, 15) is 9.59 Å². The highest BCUT2D eigenvalue weighted by molar-refractivity contribution is 6.35. The molecule has 0 N–H and O–H groups in total. The molecule has 0 aliphatic heterocycles. The monoisotopic (exact) mass is 374 g/mol. The highest BCUT2D eigenvalue weighted by Gasteiger charge is 2.25. The molecule has 0 aromatic heterocycles. The van der Waals surface area contributed by atoms with Crippen LogP contribution in [0.4, 0.5) is 0 Å². The molecular formula is C17H20Cl2O5. The van der Waals surface area contributed by atoms with Crippen LogP contribution < -0.4 is 0 Å². The first-order valence-corrected chi connectivity index (χ1v) is 8.24. The second-order valence-corrected chi connectivity index (χ2v) is 5.56. The first kappa shape index (κ1) is 20.5. The van der Waals surface area contributed by atoms with E-state index in [2.05, 4.69) is 6.58 Å². The van der Waals surface area contributed by atoms with E-state index in [1.807, 2.05) is 0 Å². The Balaban J connectivity index is 2.92. The molecule has 1 aromatic rings. The average Bonchev–Trinajstić information content (AvgIpc) is 2.52. The van der Waals surface area contributed by atoms with Gasteiger partial charge >= 0.3 is 11.9 Å². The molecule has 0 saturated carbocycles. The lowest BCUT2D eigenvalue weighted by molar-refractivity contribution is -0.144. The summed E-state index contributed by atoms with van der Waals surface area (Å²) in [6.07, 6.45) is -0.797. The van der Waals surface area contributed by atoms with Crippen LogP contribution in [0.25, 0.3) is 0 Å². The van der Waals surface area contributed by atoms with Crippen LogP contribution in [0, 0.1) is 0 Å². The molecule has 1 rings (SSSR count). The SMILES string of the molecule is C=C(C(=O)OCC)C(OCCC(=O)OCC)c1ccc(Cl)cc1Cl. The predicted octanol–water partition coefficient (Wildman–Crippen LogP) is 4.12. The van der Waals surface area contributed by atoms with Crippen molar-refractivity contribution in [3.63, 3.8) is 0 Å². The number of esters is 2. The minimum absolute atomic E-state index is 0.0425. The van der Waals surface area contributed by atoms with E-state index in [1.54, 1.807) is 32.0 Å². The number of halogens is 2. The second kappa shape index (κ2) is 10.3. The predicted molar refractivity (Wildman–Crippen MR) is 92.2 cm³/mol. The number of rotatable bonds is 9. The van der Waals surface area contributed by atoms with E-state index in [4.69, 9.17) is 37.4 Å².